The van der Waals surface area contributed by atoms with Crippen molar-refractivity contribution < 1.29 is 9.32 Å². The van der Waals surface area contributed by atoms with Crippen LogP contribution in [0.25, 0.3) is 11.3 Å². The number of hydrogen-bond acceptors (Lipinski definition) is 3. The summed E-state index contributed by atoms with van der Waals surface area (Å²) in [7, 11) is 0. The highest BCUT2D eigenvalue weighted by molar-refractivity contribution is 6.31. The van der Waals surface area contributed by atoms with Crippen LogP contribution >= 0.6 is 11.6 Å². The zero-order valence-corrected chi connectivity index (χ0v) is 13.0. The Balaban J connectivity index is 1.64. The predicted molar refractivity (Wildman–Crippen MR) is 88.8 cm³/mol. The molecule has 23 heavy (non-hydrogen) atoms. The maximum atomic E-state index is 12.7. The number of hydrogen-bond donors (Lipinski definition) is 0. The molecule has 0 unspecified atom stereocenters. The van der Waals surface area contributed by atoms with Crippen LogP contribution in [0.2, 0.25) is 5.02 Å². The lowest BCUT2D eigenvalue weighted by atomic mass is 10.1. The Bertz CT molecular complexity index is 874. The summed E-state index contributed by atoms with van der Waals surface area (Å²) in [5, 5.41) is 4.62. The third-order valence-corrected chi connectivity index (χ3v) is 4.21. The first-order valence-electron chi connectivity index (χ1n) is 7.35. The number of aromatic nitrogens is 1. The minimum Gasteiger partial charge on any atom is -0.350 e. The van der Waals surface area contributed by atoms with Crippen molar-refractivity contribution in [3.05, 3.63) is 70.9 Å². The predicted octanol–water partition coefficient (Wildman–Crippen LogP) is 4.20. The average Bonchev–Trinajstić information content (AvgIpc) is 3.22. The van der Waals surface area contributed by atoms with Crippen LogP contribution in [-0.2, 0) is 6.42 Å². The molecule has 0 aliphatic carbocycles. The van der Waals surface area contributed by atoms with Gasteiger partial charge in [0.05, 0.1) is 0 Å². The van der Waals surface area contributed by atoms with Gasteiger partial charge >= 0.3 is 0 Å². The summed E-state index contributed by atoms with van der Waals surface area (Å²) in [6.45, 7) is 0.621. The van der Waals surface area contributed by atoms with Gasteiger partial charge < -0.3 is 9.42 Å². The van der Waals surface area contributed by atoms with Gasteiger partial charge in [-0.05, 0) is 24.1 Å². The van der Waals surface area contributed by atoms with Gasteiger partial charge in [0.25, 0.3) is 5.91 Å². The van der Waals surface area contributed by atoms with Crippen LogP contribution in [0.3, 0.4) is 0 Å². The Morgan fingerprint density at radius 1 is 1.13 bits per heavy atom. The summed E-state index contributed by atoms with van der Waals surface area (Å²) in [6.07, 6.45) is 0.817. The fourth-order valence-corrected chi connectivity index (χ4v) is 2.98. The van der Waals surface area contributed by atoms with E-state index in [9.17, 15) is 4.79 Å². The molecule has 1 aliphatic heterocycles. The van der Waals surface area contributed by atoms with Crippen molar-refractivity contribution in [3.8, 4) is 11.3 Å². The van der Waals surface area contributed by atoms with Crippen LogP contribution in [-0.4, -0.2) is 17.6 Å². The molecule has 0 atom stereocenters. The Labute approximate surface area is 138 Å². The molecular formula is C18H13ClN2O2. The molecule has 0 spiro atoms. The minimum absolute atomic E-state index is 0.194. The number of fused-ring (bicyclic) bond motifs is 1. The molecule has 0 N–H and O–H groups in total. The van der Waals surface area contributed by atoms with Crippen molar-refractivity contribution in [1.29, 1.82) is 0 Å². The smallest absolute Gasteiger partial charge is 0.296 e. The highest BCUT2D eigenvalue weighted by Crippen LogP contribution is 2.32. The van der Waals surface area contributed by atoms with Crippen LogP contribution in [0.4, 0.5) is 5.69 Å². The van der Waals surface area contributed by atoms with Gasteiger partial charge in [-0.25, -0.2) is 0 Å². The summed E-state index contributed by atoms with van der Waals surface area (Å²) in [4.78, 5) is 14.4. The lowest BCUT2D eigenvalue weighted by Gasteiger charge is -2.15. The van der Waals surface area contributed by atoms with Gasteiger partial charge in [0.15, 0.2) is 0 Å². The summed E-state index contributed by atoms with van der Waals surface area (Å²) < 4.78 is 5.26. The zero-order chi connectivity index (χ0) is 15.8. The molecule has 4 rings (SSSR count). The molecule has 0 fully saturated rings. The molecule has 2 aromatic carbocycles. The average molecular weight is 325 g/mol. The highest BCUT2D eigenvalue weighted by atomic mass is 35.5. The van der Waals surface area contributed by atoms with E-state index < -0.39 is 0 Å². The molecule has 3 aromatic rings. The molecule has 0 bridgehead atoms. The van der Waals surface area contributed by atoms with Crippen LogP contribution in [0.15, 0.2) is 59.1 Å². The van der Waals surface area contributed by atoms with Crippen molar-refractivity contribution in [3.63, 3.8) is 0 Å². The van der Waals surface area contributed by atoms with Crippen LogP contribution in [0, 0.1) is 0 Å². The molecular weight excluding hydrogens is 312 g/mol. The number of benzene rings is 2. The van der Waals surface area contributed by atoms with Gasteiger partial charge in [0.2, 0.25) is 5.76 Å². The molecule has 1 aromatic heterocycles. The first kappa shape index (κ1) is 14.0. The van der Waals surface area contributed by atoms with Gasteiger partial charge in [0.1, 0.15) is 5.69 Å². The van der Waals surface area contributed by atoms with Gasteiger partial charge in [-0.3, -0.25) is 4.79 Å². The molecule has 0 saturated carbocycles. The SMILES string of the molecule is O=C(c1cc(-c2ccccc2)no1)N1CCc2ccc(Cl)cc21. The van der Waals surface area contributed by atoms with Crippen molar-refractivity contribution in [2.75, 3.05) is 11.4 Å². The third kappa shape index (κ3) is 2.51. The third-order valence-electron chi connectivity index (χ3n) is 3.98. The monoisotopic (exact) mass is 324 g/mol. The van der Waals surface area contributed by atoms with E-state index >= 15 is 0 Å². The zero-order valence-electron chi connectivity index (χ0n) is 12.2. The Morgan fingerprint density at radius 2 is 1.96 bits per heavy atom. The fourth-order valence-electron chi connectivity index (χ4n) is 2.82. The molecule has 1 amide bonds. The quantitative estimate of drug-likeness (QED) is 0.709. The lowest BCUT2D eigenvalue weighted by molar-refractivity contribution is 0.0954. The summed E-state index contributed by atoms with van der Waals surface area (Å²) in [5.74, 6) is 0.0392. The van der Waals surface area contributed by atoms with E-state index in [4.69, 9.17) is 16.1 Å². The first-order chi connectivity index (χ1) is 11.2. The van der Waals surface area contributed by atoms with E-state index in [-0.39, 0.29) is 11.7 Å². The number of amides is 1. The second-order valence-electron chi connectivity index (χ2n) is 5.42. The maximum Gasteiger partial charge on any atom is 0.296 e. The number of carbonyl (C=O) groups is 1. The minimum atomic E-state index is -0.194. The summed E-state index contributed by atoms with van der Waals surface area (Å²) in [6, 6.07) is 16.9. The second kappa shape index (κ2) is 5.56. The van der Waals surface area contributed by atoms with Crippen molar-refractivity contribution >= 4 is 23.2 Å². The van der Waals surface area contributed by atoms with E-state index in [1.807, 2.05) is 48.5 Å². The number of anilines is 1. The van der Waals surface area contributed by atoms with Crippen molar-refractivity contribution in [2.45, 2.75) is 6.42 Å². The van der Waals surface area contributed by atoms with Crippen molar-refractivity contribution in [2.24, 2.45) is 0 Å². The molecule has 4 nitrogen and oxygen atoms in total. The molecule has 5 heteroatoms. The summed E-state index contributed by atoms with van der Waals surface area (Å²) >= 11 is 6.05. The van der Waals surface area contributed by atoms with Crippen LogP contribution in [0.1, 0.15) is 16.1 Å². The standard InChI is InChI=1S/C18H13ClN2O2/c19-14-7-6-13-8-9-21(16(13)10-14)18(22)17-11-15(20-23-17)12-4-2-1-3-5-12/h1-7,10-11H,8-9H2. The van der Waals surface area contributed by atoms with Gasteiger partial charge in [0, 0.05) is 28.9 Å². The van der Waals surface area contributed by atoms with E-state index in [0.29, 0.717) is 17.3 Å². The molecule has 1 aliphatic rings. The fraction of sp³-hybridized carbons (Fsp3) is 0.111. The van der Waals surface area contributed by atoms with E-state index in [0.717, 1.165) is 23.2 Å². The molecule has 2 heterocycles. The number of rotatable bonds is 2. The highest BCUT2D eigenvalue weighted by Gasteiger charge is 2.28. The molecule has 0 radical (unpaired) electrons. The topological polar surface area (TPSA) is 46.3 Å². The Hall–Kier alpha value is -2.59. The second-order valence-corrected chi connectivity index (χ2v) is 5.86. The molecule has 114 valence electrons. The van der Waals surface area contributed by atoms with E-state index in [1.54, 1.807) is 11.0 Å². The van der Waals surface area contributed by atoms with Crippen molar-refractivity contribution in [1.82, 2.24) is 5.16 Å². The van der Waals surface area contributed by atoms with Gasteiger partial charge in [-0.15, -0.1) is 0 Å². The van der Waals surface area contributed by atoms with Gasteiger partial charge in [-0.1, -0.05) is 53.2 Å². The Morgan fingerprint density at radius 3 is 2.78 bits per heavy atom. The Kier molecular flexibility index (Phi) is 3.39. The maximum absolute atomic E-state index is 12.7. The normalized spacial score (nSPS) is 13.2. The number of nitrogens with zero attached hydrogens (tertiary/aromatic N) is 2. The van der Waals surface area contributed by atoms with Gasteiger partial charge in [-0.2, -0.15) is 0 Å². The van der Waals surface area contributed by atoms with E-state index in [2.05, 4.69) is 5.16 Å². The van der Waals surface area contributed by atoms with E-state index in [1.165, 1.54) is 0 Å². The number of carbonyl (C=O) groups excluding carboxylic acids is 1. The number of halogens is 1. The largest absolute Gasteiger partial charge is 0.350 e. The summed E-state index contributed by atoms with van der Waals surface area (Å²) in [5.41, 5.74) is 3.53. The first-order valence-corrected chi connectivity index (χ1v) is 7.72. The van der Waals surface area contributed by atoms with Crippen LogP contribution < -0.4 is 4.90 Å². The van der Waals surface area contributed by atoms with Crippen LogP contribution in [0.5, 0.6) is 0 Å². The molecule has 0 saturated heterocycles. The lowest BCUT2D eigenvalue weighted by Crippen LogP contribution is -2.28.